The molecular formula is C20H38Cl2O2Si4Zr. The van der Waals surface area contributed by atoms with Gasteiger partial charge >= 0.3 is 26.2 Å². The molecule has 164 valence electrons. The molecule has 0 aliphatic carbocycles. The molecule has 0 radical (unpaired) electrons. The summed E-state index contributed by atoms with van der Waals surface area (Å²) in [6.07, 6.45) is 0. The van der Waals surface area contributed by atoms with Crippen LogP contribution in [0.25, 0.3) is 0 Å². The zero-order valence-electron chi connectivity index (χ0n) is 19.3. The number of hydrogen-bond acceptors (Lipinski definition) is 2. The van der Waals surface area contributed by atoms with Gasteiger partial charge in [-0.2, -0.15) is 24.3 Å². The molecular weight excluding hydrogens is 547 g/mol. The smallest absolute Gasteiger partial charge is 1.00 e. The molecule has 0 saturated heterocycles. The number of rotatable bonds is 8. The molecule has 0 fully saturated rings. The van der Waals surface area contributed by atoms with Gasteiger partial charge in [0, 0.05) is 0 Å². The van der Waals surface area contributed by atoms with E-state index in [4.69, 9.17) is 8.23 Å². The zero-order chi connectivity index (χ0) is 19.8. The summed E-state index contributed by atoms with van der Waals surface area (Å²) in [6.45, 7) is 18.3. The molecule has 0 N–H and O–H groups in total. The van der Waals surface area contributed by atoms with Crippen LogP contribution in [0.3, 0.4) is 0 Å². The van der Waals surface area contributed by atoms with Gasteiger partial charge in [0.1, 0.15) is 19.5 Å². The van der Waals surface area contributed by atoms with E-state index in [-0.39, 0.29) is 51.0 Å². The molecule has 0 spiro atoms. The van der Waals surface area contributed by atoms with Crippen molar-refractivity contribution in [2.45, 2.75) is 65.0 Å². The van der Waals surface area contributed by atoms with Crippen molar-refractivity contribution in [1.82, 2.24) is 0 Å². The summed E-state index contributed by atoms with van der Waals surface area (Å²) in [5, 5.41) is 2.86. The fourth-order valence-corrected chi connectivity index (χ4v) is 9.80. The largest absolute Gasteiger partial charge is 4.00 e. The average molecular weight is 585 g/mol. The Bertz CT molecular complexity index is 550. The predicted octanol–water partition coefficient (Wildman–Crippen LogP) is -2.50. The van der Waals surface area contributed by atoms with Gasteiger partial charge in [-0.3, -0.25) is 0 Å². The second kappa shape index (κ2) is 16.6. The normalized spacial score (nSPS) is 11.9. The van der Waals surface area contributed by atoms with E-state index in [1.54, 1.807) is 0 Å². The van der Waals surface area contributed by atoms with Gasteiger partial charge < -0.3 is 33.0 Å². The first-order chi connectivity index (χ1) is 12.0. The molecule has 0 aromatic heterocycles. The monoisotopic (exact) mass is 582 g/mol. The molecule has 0 bridgehead atoms. The second-order valence-corrected chi connectivity index (χ2v) is 21.9. The van der Waals surface area contributed by atoms with Gasteiger partial charge in [-0.05, 0) is 37.3 Å². The van der Waals surface area contributed by atoms with E-state index in [0.717, 1.165) is 11.1 Å². The maximum atomic E-state index is 6.11. The van der Waals surface area contributed by atoms with E-state index in [0.29, 0.717) is 0 Å². The van der Waals surface area contributed by atoms with E-state index in [9.17, 15) is 0 Å². The standard InChI is InChI=1S/2C10H19OSi2.2ClH.Zr/c2*1-9(2)13(3,4)11-12-10-7-5-6-8-10;;;/h2*5-9H,12H2,1-4H3;2*1H;/q2*-1;;;+4/p-2. The minimum Gasteiger partial charge on any atom is -1.00 e. The summed E-state index contributed by atoms with van der Waals surface area (Å²) in [4.78, 5) is 0. The predicted molar refractivity (Wildman–Crippen MR) is 128 cm³/mol. The van der Waals surface area contributed by atoms with Crippen molar-refractivity contribution in [1.29, 1.82) is 0 Å². The Morgan fingerprint density at radius 2 is 0.862 bits per heavy atom. The molecule has 0 aliphatic heterocycles. The van der Waals surface area contributed by atoms with Crippen LogP contribution in [-0.2, 0) is 34.4 Å². The van der Waals surface area contributed by atoms with Crippen LogP contribution in [0.4, 0.5) is 0 Å². The Morgan fingerprint density at radius 1 is 0.621 bits per heavy atom. The molecule has 2 nitrogen and oxygen atoms in total. The summed E-state index contributed by atoms with van der Waals surface area (Å²) in [5.74, 6) is 0. The van der Waals surface area contributed by atoms with Gasteiger partial charge in [0.25, 0.3) is 0 Å². The van der Waals surface area contributed by atoms with Gasteiger partial charge in [0.05, 0.1) is 0 Å². The SMILES string of the molecule is CC(C)[Si](C)(C)O[SiH2][c-]1cccc1.CC(C)[Si](C)(C)O[SiH2][c-]1cccc1.[Cl-].[Cl-].[Zr+4]. The summed E-state index contributed by atoms with van der Waals surface area (Å²) >= 11 is 0. The molecule has 0 unspecified atom stereocenters. The Balaban J connectivity index is -0.000000422. The van der Waals surface area contributed by atoms with Crippen LogP contribution in [0, 0.1) is 0 Å². The summed E-state index contributed by atoms with van der Waals surface area (Å²) in [5.41, 5.74) is 1.44. The van der Waals surface area contributed by atoms with Crippen LogP contribution in [-0.4, -0.2) is 36.2 Å². The fraction of sp³-hybridized carbons (Fsp3) is 0.500. The molecule has 0 saturated carbocycles. The van der Waals surface area contributed by atoms with Crippen molar-refractivity contribution in [3.63, 3.8) is 0 Å². The van der Waals surface area contributed by atoms with Crippen LogP contribution in [0.15, 0.2) is 48.5 Å². The first-order valence-corrected chi connectivity index (χ1v) is 18.3. The van der Waals surface area contributed by atoms with Crippen LogP contribution in [0.1, 0.15) is 27.7 Å². The molecule has 0 heterocycles. The molecule has 2 rings (SSSR count). The van der Waals surface area contributed by atoms with Crippen molar-refractivity contribution in [3.05, 3.63) is 48.5 Å². The number of halogens is 2. The quantitative estimate of drug-likeness (QED) is 0.252. The van der Waals surface area contributed by atoms with Gasteiger partial charge in [0.15, 0.2) is 16.6 Å². The molecule has 9 heteroatoms. The molecule has 29 heavy (non-hydrogen) atoms. The van der Waals surface area contributed by atoms with E-state index in [1.807, 2.05) is 0 Å². The molecule has 0 amide bonds. The average Bonchev–Trinajstić information content (AvgIpc) is 3.25. The first kappa shape index (κ1) is 34.6. The molecule has 0 atom stereocenters. The van der Waals surface area contributed by atoms with Crippen LogP contribution >= 0.6 is 0 Å². The van der Waals surface area contributed by atoms with Crippen molar-refractivity contribution in [2.75, 3.05) is 0 Å². The van der Waals surface area contributed by atoms with Crippen LogP contribution in [0.2, 0.25) is 37.3 Å². The first-order valence-electron chi connectivity index (χ1n) is 9.73. The van der Waals surface area contributed by atoms with Crippen molar-refractivity contribution in [3.8, 4) is 0 Å². The van der Waals surface area contributed by atoms with Gasteiger partial charge in [-0.1, -0.05) is 27.7 Å². The van der Waals surface area contributed by atoms with E-state index >= 15 is 0 Å². The Kier molecular flexibility index (Phi) is 19.7. The third kappa shape index (κ3) is 13.9. The second-order valence-electron chi connectivity index (χ2n) is 8.68. The topological polar surface area (TPSA) is 18.5 Å². The summed E-state index contributed by atoms with van der Waals surface area (Å²) in [6, 6.07) is 17.1. The summed E-state index contributed by atoms with van der Waals surface area (Å²) in [7, 11) is -3.66. The van der Waals surface area contributed by atoms with E-state index in [2.05, 4.69) is 102 Å². The van der Waals surface area contributed by atoms with Gasteiger partial charge in [-0.25, -0.2) is 24.3 Å². The maximum absolute atomic E-state index is 6.11. The zero-order valence-corrected chi connectivity index (χ0v) is 28.1. The molecule has 2 aromatic rings. The third-order valence-electron chi connectivity index (χ3n) is 5.47. The Morgan fingerprint density at radius 3 is 1.07 bits per heavy atom. The van der Waals surface area contributed by atoms with Crippen molar-refractivity contribution >= 4 is 46.5 Å². The fourth-order valence-electron chi connectivity index (χ4n) is 1.89. The maximum Gasteiger partial charge on any atom is 4.00 e. The van der Waals surface area contributed by atoms with Crippen molar-refractivity contribution < 1.29 is 59.2 Å². The van der Waals surface area contributed by atoms with Crippen LogP contribution < -0.4 is 35.2 Å². The minimum absolute atomic E-state index is 0. The number of hydrogen-bond donors (Lipinski definition) is 0. The van der Waals surface area contributed by atoms with Crippen LogP contribution in [0.5, 0.6) is 0 Å². The molecule has 2 aromatic carbocycles. The van der Waals surface area contributed by atoms with E-state index in [1.165, 1.54) is 10.4 Å². The Labute approximate surface area is 217 Å². The van der Waals surface area contributed by atoms with Gasteiger partial charge in [0.2, 0.25) is 0 Å². The van der Waals surface area contributed by atoms with E-state index < -0.39 is 36.2 Å². The Hall–Kier alpha value is 0.951. The van der Waals surface area contributed by atoms with Crippen molar-refractivity contribution in [2.24, 2.45) is 0 Å². The van der Waals surface area contributed by atoms with Gasteiger partial charge in [-0.15, -0.1) is 10.4 Å². The summed E-state index contributed by atoms with van der Waals surface area (Å²) < 4.78 is 12.2. The molecule has 0 aliphatic rings. The third-order valence-corrected chi connectivity index (χ3v) is 19.7. The minimum atomic E-state index is -1.38.